The highest BCUT2D eigenvalue weighted by atomic mass is 127. The fraction of sp³-hybridized carbons (Fsp3) is 0.409. The lowest BCUT2D eigenvalue weighted by Gasteiger charge is -2.18. The minimum absolute atomic E-state index is 0. The molecule has 0 heterocycles. The lowest BCUT2D eigenvalue weighted by atomic mass is 10.2. The molecule has 8 heteroatoms. The van der Waals surface area contributed by atoms with Gasteiger partial charge in [0.05, 0.1) is 20.8 Å². The molecule has 0 aliphatic carbocycles. The highest BCUT2D eigenvalue weighted by molar-refractivity contribution is 14.0. The van der Waals surface area contributed by atoms with Crippen molar-refractivity contribution >= 4 is 35.6 Å². The van der Waals surface area contributed by atoms with Crippen LogP contribution in [0.1, 0.15) is 19.4 Å². The minimum atomic E-state index is 0. The molecule has 2 aromatic carbocycles. The Morgan fingerprint density at radius 3 is 2.47 bits per heavy atom. The number of nitrogens with two attached hydrogens (primary N) is 1. The van der Waals surface area contributed by atoms with Crippen LogP contribution >= 0.6 is 24.0 Å². The third-order valence-electron chi connectivity index (χ3n) is 4.56. The Bertz CT molecular complexity index is 798. The summed E-state index contributed by atoms with van der Waals surface area (Å²) >= 11 is 0. The van der Waals surface area contributed by atoms with Crippen LogP contribution < -0.4 is 25.3 Å². The summed E-state index contributed by atoms with van der Waals surface area (Å²) in [7, 11) is 3.26. The molecular formula is C22H33IN4O3. The van der Waals surface area contributed by atoms with Crippen molar-refractivity contribution in [3.05, 3.63) is 48.0 Å². The third kappa shape index (κ3) is 8.27. The Balaban J connectivity index is 0.00000450. The summed E-state index contributed by atoms with van der Waals surface area (Å²) in [6.45, 7) is 8.25. The number of benzene rings is 2. The molecule has 0 aliphatic heterocycles. The maximum atomic E-state index is 6.00. The van der Waals surface area contributed by atoms with Crippen LogP contribution in [0.5, 0.6) is 17.2 Å². The van der Waals surface area contributed by atoms with Crippen LogP contribution in [0.4, 0.5) is 5.69 Å². The molecule has 0 spiro atoms. The number of halogens is 1. The number of anilines is 1. The lowest BCUT2D eigenvalue weighted by molar-refractivity contribution is 0.217. The van der Waals surface area contributed by atoms with Gasteiger partial charge in [-0.15, -0.1) is 24.0 Å². The van der Waals surface area contributed by atoms with E-state index in [0.29, 0.717) is 24.9 Å². The van der Waals surface area contributed by atoms with E-state index >= 15 is 0 Å². The standard InChI is InChI=1S/C22H32N4O3.HI/c1-5-26(6-2)12-13-29-20-11-10-17(14-21(20)28-4)16-24-22(23)25-18-8-7-9-19(15-18)27-3;/h7-11,14-15H,5-6,12-13,16H2,1-4H3,(H3,23,24,25);1H. The highest BCUT2D eigenvalue weighted by Crippen LogP contribution is 2.28. The van der Waals surface area contributed by atoms with Gasteiger partial charge in [-0.25, -0.2) is 4.99 Å². The van der Waals surface area contributed by atoms with Crippen molar-refractivity contribution in [3.63, 3.8) is 0 Å². The van der Waals surface area contributed by atoms with E-state index in [1.54, 1.807) is 14.2 Å². The van der Waals surface area contributed by atoms with Crippen LogP contribution in [-0.2, 0) is 6.54 Å². The summed E-state index contributed by atoms with van der Waals surface area (Å²) in [6, 6.07) is 13.3. The van der Waals surface area contributed by atoms with Crippen molar-refractivity contribution in [1.29, 1.82) is 0 Å². The number of likely N-dealkylation sites (N-methyl/N-ethyl adjacent to an activating group) is 1. The van der Waals surface area contributed by atoms with Crippen LogP contribution in [0.2, 0.25) is 0 Å². The zero-order valence-corrected chi connectivity index (χ0v) is 20.5. The first kappa shape index (κ1) is 25.8. The summed E-state index contributed by atoms with van der Waals surface area (Å²) in [6.07, 6.45) is 0. The molecular weight excluding hydrogens is 495 g/mol. The van der Waals surface area contributed by atoms with E-state index < -0.39 is 0 Å². The number of guanidine groups is 1. The summed E-state index contributed by atoms with van der Waals surface area (Å²) in [5.41, 5.74) is 7.80. The average molecular weight is 528 g/mol. The third-order valence-corrected chi connectivity index (χ3v) is 4.56. The van der Waals surface area contributed by atoms with E-state index in [4.69, 9.17) is 19.9 Å². The number of aliphatic imine (C=N–C) groups is 1. The SMILES string of the molecule is CCN(CC)CCOc1ccc(CN=C(N)Nc2cccc(OC)c2)cc1OC.I. The van der Waals surface area contributed by atoms with Crippen molar-refractivity contribution in [2.45, 2.75) is 20.4 Å². The van der Waals surface area contributed by atoms with Crippen molar-refractivity contribution in [2.24, 2.45) is 10.7 Å². The quantitative estimate of drug-likeness (QED) is 0.261. The second-order valence-electron chi connectivity index (χ2n) is 6.42. The van der Waals surface area contributed by atoms with Crippen molar-refractivity contribution < 1.29 is 14.2 Å². The molecule has 0 saturated carbocycles. The largest absolute Gasteiger partial charge is 0.497 e. The van der Waals surface area contributed by atoms with E-state index in [9.17, 15) is 0 Å². The lowest BCUT2D eigenvalue weighted by Crippen LogP contribution is -2.27. The van der Waals surface area contributed by atoms with Crippen LogP contribution in [0, 0.1) is 0 Å². The molecule has 30 heavy (non-hydrogen) atoms. The fourth-order valence-corrected chi connectivity index (χ4v) is 2.82. The van der Waals surface area contributed by atoms with Crippen molar-refractivity contribution in [2.75, 3.05) is 45.8 Å². The normalized spacial score (nSPS) is 11.0. The summed E-state index contributed by atoms with van der Waals surface area (Å²) in [5, 5.41) is 3.06. The van der Waals surface area contributed by atoms with Gasteiger partial charge in [0.1, 0.15) is 12.4 Å². The zero-order chi connectivity index (χ0) is 21.1. The molecule has 2 rings (SSSR count). The van der Waals surface area contributed by atoms with Crippen LogP contribution in [-0.4, -0.2) is 51.3 Å². The molecule has 0 fully saturated rings. The molecule has 2 aromatic rings. The predicted molar refractivity (Wildman–Crippen MR) is 134 cm³/mol. The summed E-state index contributed by atoms with van der Waals surface area (Å²) < 4.78 is 16.6. The first-order chi connectivity index (χ1) is 14.1. The molecule has 7 nitrogen and oxygen atoms in total. The van der Waals surface area contributed by atoms with E-state index in [0.717, 1.165) is 42.4 Å². The number of methoxy groups -OCH3 is 2. The van der Waals surface area contributed by atoms with E-state index in [2.05, 4.69) is 29.1 Å². The molecule has 0 saturated heterocycles. The number of hydrogen-bond donors (Lipinski definition) is 2. The molecule has 0 aliphatic rings. The Morgan fingerprint density at radius 2 is 1.80 bits per heavy atom. The number of rotatable bonds is 11. The number of hydrogen-bond acceptors (Lipinski definition) is 5. The van der Waals surface area contributed by atoms with E-state index in [-0.39, 0.29) is 24.0 Å². The Hall–Kier alpha value is -2.20. The molecule has 3 N–H and O–H groups in total. The molecule has 0 aromatic heterocycles. The zero-order valence-electron chi connectivity index (χ0n) is 18.2. The second-order valence-corrected chi connectivity index (χ2v) is 6.42. The Labute approximate surface area is 196 Å². The molecule has 0 unspecified atom stereocenters. The Kier molecular flexibility index (Phi) is 12.0. The minimum Gasteiger partial charge on any atom is -0.497 e. The average Bonchev–Trinajstić information content (AvgIpc) is 2.75. The number of nitrogens with one attached hydrogen (secondary N) is 1. The van der Waals surface area contributed by atoms with Crippen LogP contribution in [0.15, 0.2) is 47.5 Å². The highest BCUT2D eigenvalue weighted by Gasteiger charge is 2.07. The summed E-state index contributed by atoms with van der Waals surface area (Å²) in [5.74, 6) is 2.51. The smallest absolute Gasteiger partial charge is 0.193 e. The first-order valence-electron chi connectivity index (χ1n) is 9.82. The molecule has 0 bridgehead atoms. The number of nitrogens with zero attached hydrogens (tertiary/aromatic N) is 2. The monoisotopic (exact) mass is 528 g/mol. The van der Waals surface area contributed by atoms with Crippen molar-refractivity contribution in [3.8, 4) is 17.2 Å². The van der Waals surface area contributed by atoms with Gasteiger partial charge in [-0.3, -0.25) is 0 Å². The van der Waals surface area contributed by atoms with Crippen molar-refractivity contribution in [1.82, 2.24) is 4.90 Å². The maximum Gasteiger partial charge on any atom is 0.193 e. The van der Waals surface area contributed by atoms with Gasteiger partial charge < -0.3 is 30.2 Å². The molecule has 166 valence electrons. The van der Waals surface area contributed by atoms with Gasteiger partial charge in [-0.1, -0.05) is 26.0 Å². The van der Waals surface area contributed by atoms with Gasteiger partial charge >= 0.3 is 0 Å². The fourth-order valence-electron chi connectivity index (χ4n) is 2.82. The van der Waals surface area contributed by atoms with Crippen LogP contribution in [0.25, 0.3) is 0 Å². The van der Waals surface area contributed by atoms with E-state index in [1.165, 1.54) is 0 Å². The summed E-state index contributed by atoms with van der Waals surface area (Å²) in [4.78, 5) is 6.71. The topological polar surface area (TPSA) is 81.3 Å². The molecule has 0 atom stereocenters. The number of ether oxygens (including phenoxy) is 3. The van der Waals surface area contributed by atoms with Gasteiger partial charge in [0, 0.05) is 18.3 Å². The van der Waals surface area contributed by atoms with Gasteiger partial charge in [0.2, 0.25) is 0 Å². The van der Waals surface area contributed by atoms with E-state index in [1.807, 2.05) is 42.5 Å². The molecule has 0 radical (unpaired) electrons. The first-order valence-corrected chi connectivity index (χ1v) is 9.82. The van der Waals surface area contributed by atoms with Gasteiger partial charge in [0.25, 0.3) is 0 Å². The molecule has 0 amide bonds. The predicted octanol–water partition coefficient (Wildman–Crippen LogP) is 3.97. The van der Waals surface area contributed by atoms with Gasteiger partial charge in [0.15, 0.2) is 17.5 Å². The van der Waals surface area contributed by atoms with Gasteiger partial charge in [-0.2, -0.15) is 0 Å². The Morgan fingerprint density at radius 1 is 1.03 bits per heavy atom. The van der Waals surface area contributed by atoms with Gasteiger partial charge in [-0.05, 0) is 42.9 Å². The second kappa shape index (κ2) is 13.9. The maximum absolute atomic E-state index is 6.00. The van der Waals surface area contributed by atoms with Crippen LogP contribution in [0.3, 0.4) is 0 Å².